The molecule has 2 heterocycles. The van der Waals surface area contributed by atoms with E-state index in [0.717, 1.165) is 5.56 Å². The first-order chi connectivity index (χ1) is 12.8. The van der Waals surface area contributed by atoms with Crippen molar-refractivity contribution in [1.29, 1.82) is 0 Å². The minimum atomic E-state index is -0.811. The van der Waals surface area contributed by atoms with E-state index in [1.165, 1.54) is 26.4 Å². The van der Waals surface area contributed by atoms with Gasteiger partial charge in [0.05, 0.1) is 26.2 Å². The third-order valence-electron chi connectivity index (χ3n) is 3.76. The van der Waals surface area contributed by atoms with Gasteiger partial charge < -0.3 is 19.7 Å². The molecule has 0 aliphatic carbocycles. The van der Waals surface area contributed by atoms with Gasteiger partial charge in [-0.25, -0.2) is 9.37 Å². The van der Waals surface area contributed by atoms with E-state index in [1.807, 2.05) is 0 Å². The minimum Gasteiger partial charge on any atom is -0.490 e. The first kappa shape index (κ1) is 18.7. The SMILES string of the molecule is COc1nc(C(C)(C)N)nc(-c2noc(Cc3ccc(F)cc3)n2)c1OC. The summed E-state index contributed by atoms with van der Waals surface area (Å²) in [5, 5.41) is 3.98. The number of ether oxygens (including phenoxy) is 2. The number of hydrogen-bond donors (Lipinski definition) is 1. The highest BCUT2D eigenvalue weighted by molar-refractivity contribution is 5.62. The Hall–Kier alpha value is -3.07. The fraction of sp³-hybridized carbons (Fsp3) is 0.333. The van der Waals surface area contributed by atoms with Gasteiger partial charge in [-0.15, -0.1) is 0 Å². The third kappa shape index (κ3) is 4.03. The summed E-state index contributed by atoms with van der Waals surface area (Å²) >= 11 is 0. The molecule has 0 bridgehead atoms. The van der Waals surface area contributed by atoms with Crippen LogP contribution in [-0.2, 0) is 12.0 Å². The summed E-state index contributed by atoms with van der Waals surface area (Å²) < 4.78 is 29.0. The second kappa shape index (κ2) is 7.28. The number of halogens is 1. The second-order valence-electron chi connectivity index (χ2n) is 6.47. The Balaban J connectivity index is 2.00. The Kier molecular flexibility index (Phi) is 5.04. The van der Waals surface area contributed by atoms with Crippen molar-refractivity contribution < 1.29 is 18.4 Å². The first-order valence-corrected chi connectivity index (χ1v) is 8.18. The average Bonchev–Trinajstić information content (AvgIpc) is 3.10. The molecule has 27 heavy (non-hydrogen) atoms. The minimum absolute atomic E-state index is 0.218. The largest absolute Gasteiger partial charge is 0.490 e. The average molecular weight is 373 g/mol. The van der Waals surface area contributed by atoms with Crippen molar-refractivity contribution in [3.63, 3.8) is 0 Å². The molecule has 2 N–H and O–H groups in total. The fourth-order valence-corrected chi connectivity index (χ4v) is 2.39. The van der Waals surface area contributed by atoms with Gasteiger partial charge in [0.2, 0.25) is 17.5 Å². The van der Waals surface area contributed by atoms with Gasteiger partial charge in [0, 0.05) is 0 Å². The second-order valence-corrected chi connectivity index (χ2v) is 6.47. The summed E-state index contributed by atoms with van der Waals surface area (Å²) in [4.78, 5) is 13.1. The van der Waals surface area contributed by atoms with Crippen molar-refractivity contribution >= 4 is 0 Å². The number of nitrogens with two attached hydrogens (primary N) is 1. The maximum absolute atomic E-state index is 13.0. The molecule has 0 atom stereocenters. The highest BCUT2D eigenvalue weighted by atomic mass is 19.1. The van der Waals surface area contributed by atoms with E-state index in [2.05, 4.69) is 20.1 Å². The molecule has 0 aliphatic rings. The van der Waals surface area contributed by atoms with E-state index in [9.17, 15) is 4.39 Å². The van der Waals surface area contributed by atoms with Crippen LogP contribution in [0.1, 0.15) is 31.1 Å². The molecule has 0 saturated heterocycles. The van der Waals surface area contributed by atoms with Crippen LogP contribution in [0.2, 0.25) is 0 Å². The zero-order chi connectivity index (χ0) is 19.6. The molecule has 8 nitrogen and oxygen atoms in total. The molecule has 0 saturated carbocycles. The first-order valence-electron chi connectivity index (χ1n) is 8.18. The Morgan fingerprint density at radius 3 is 2.37 bits per heavy atom. The van der Waals surface area contributed by atoms with Gasteiger partial charge in [0.15, 0.2) is 11.5 Å². The molecule has 0 unspecified atom stereocenters. The lowest BCUT2D eigenvalue weighted by molar-refractivity contribution is 0.335. The Morgan fingerprint density at radius 1 is 1.07 bits per heavy atom. The fourth-order valence-electron chi connectivity index (χ4n) is 2.39. The van der Waals surface area contributed by atoms with Crippen molar-refractivity contribution in [2.75, 3.05) is 14.2 Å². The molecule has 9 heteroatoms. The highest BCUT2D eigenvalue weighted by Crippen LogP contribution is 2.35. The predicted molar refractivity (Wildman–Crippen MR) is 94.8 cm³/mol. The third-order valence-corrected chi connectivity index (χ3v) is 3.76. The van der Waals surface area contributed by atoms with E-state index < -0.39 is 5.54 Å². The normalized spacial score (nSPS) is 11.5. The maximum Gasteiger partial charge on any atom is 0.261 e. The molecule has 0 radical (unpaired) electrons. The molecule has 2 aromatic heterocycles. The number of nitrogens with zero attached hydrogens (tertiary/aromatic N) is 4. The van der Waals surface area contributed by atoms with Crippen LogP contribution in [0.25, 0.3) is 11.5 Å². The summed E-state index contributed by atoms with van der Waals surface area (Å²) in [5.74, 6) is 1.11. The lowest BCUT2D eigenvalue weighted by Crippen LogP contribution is -2.31. The number of benzene rings is 1. The topological polar surface area (TPSA) is 109 Å². The van der Waals surface area contributed by atoms with Gasteiger partial charge in [-0.1, -0.05) is 17.3 Å². The van der Waals surface area contributed by atoms with Crippen molar-refractivity contribution in [1.82, 2.24) is 20.1 Å². The van der Waals surface area contributed by atoms with E-state index in [4.69, 9.17) is 19.7 Å². The molecule has 0 amide bonds. The van der Waals surface area contributed by atoms with Crippen molar-refractivity contribution in [3.05, 3.63) is 47.4 Å². The molecule has 3 aromatic rings. The summed E-state index contributed by atoms with van der Waals surface area (Å²) in [6, 6.07) is 6.06. The van der Waals surface area contributed by atoms with Gasteiger partial charge >= 0.3 is 0 Å². The van der Waals surface area contributed by atoms with Crippen molar-refractivity contribution in [3.8, 4) is 23.1 Å². The molecule has 1 aromatic carbocycles. The zero-order valence-electron chi connectivity index (χ0n) is 15.5. The van der Waals surface area contributed by atoms with E-state index >= 15 is 0 Å². The van der Waals surface area contributed by atoms with Crippen LogP contribution in [0, 0.1) is 5.82 Å². The Labute approximate surface area is 155 Å². The smallest absolute Gasteiger partial charge is 0.261 e. The van der Waals surface area contributed by atoms with Gasteiger partial charge in [-0.3, -0.25) is 0 Å². The van der Waals surface area contributed by atoms with E-state index in [1.54, 1.807) is 26.0 Å². The van der Waals surface area contributed by atoms with Crippen LogP contribution >= 0.6 is 0 Å². The lowest BCUT2D eigenvalue weighted by Gasteiger charge is -2.19. The van der Waals surface area contributed by atoms with Gasteiger partial charge in [-0.05, 0) is 31.5 Å². The lowest BCUT2D eigenvalue weighted by atomic mass is 10.1. The number of rotatable bonds is 6. The van der Waals surface area contributed by atoms with Gasteiger partial charge in [-0.2, -0.15) is 9.97 Å². The monoisotopic (exact) mass is 373 g/mol. The maximum atomic E-state index is 13.0. The van der Waals surface area contributed by atoms with E-state index in [-0.39, 0.29) is 23.3 Å². The summed E-state index contributed by atoms with van der Waals surface area (Å²) in [6.45, 7) is 3.54. The standard InChI is InChI=1S/C18H20FN5O3/c1-18(2,20)17-22-13(14(25-3)16(23-17)26-4)15-21-12(27-24-15)9-10-5-7-11(19)8-6-10/h5-8H,9,20H2,1-4H3. The van der Waals surface area contributed by atoms with E-state index in [0.29, 0.717) is 23.8 Å². The number of aromatic nitrogens is 4. The summed E-state index contributed by atoms with van der Waals surface area (Å²) in [6.07, 6.45) is 0.354. The van der Waals surface area contributed by atoms with Crippen LogP contribution in [-0.4, -0.2) is 34.3 Å². The molecular formula is C18H20FN5O3. The van der Waals surface area contributed by atoms with Crippen molar-refractivity contribution in [2.24, 2.45) is 5.73 Å². The molecular weight excluding hydrogens is 353 g/mol. The zero-order valence-corrected chi connectivity index (χ0v) is 15.5. The quantitative estimate of drug-likeness (QED) is 0.702. The molecule has 3 rings (SSSR count). The molecule has 0 fully saturated rings. The van der Waals surface area contributed by atoms with Crippen LogP contribution in [0.3, 0.4) is 0 Å². The summed E-state index contributed by atoms with van der Waals surface area (Å²) in [7, 11) is 2.94. The van der Waals surface area contributed by atoms with Crippen LogP contribution in [0.4, 0.5) is 4.39 Å². The molecule has 0 aliphatic heterocycles. The summed E-state index contributed by atoms with van der Waals surface area (Å²) in [5.41, 5.74) is 6.46. The molecule has 0 spiro atoms. The van der Waals surface area contributed by atoms with Crippen LogP contribution in [0.15, 0.2) is 28.8 Å². The van der Waals surface area contributed by atoms with Gasteiger partial charge in [0.25, 0.3) is 5.88 Å². The Morgan fingerprint density at radius 2 is 1.78 bits per heavy atom. The van der Waals surface area contributed by atoms with Crippen molar-refractivity contribution in [2.45, 2.75) is 25.8 Å². The van der Waals surface area contributed by atoms with Gasteiger partial charge in [0.1, 0.15) is 5.82 Å². The Bertz CT molecular complexity index is 935. The number of hydrogen-bond acceptors (Lipinski definition) is 8. The predicted octanol–water partition coefficient (Wildman–Crippen LogP) is 2.47. The van der Waals surface area contributed by atoms with Crippen LogP contribution < -0.4 is 15.2 Å². The molecule has 142 valence electrons. The highest BCUT2D eigenvalue weighted by Gasteiger charge is 2.27. The van der Waals surface area contributed by atoms with Crippen LogP contribution in [0.5, 0.6) is 11.6 Å². The number of methoxy groups -OCH3 is 2.